The molecule has 1 saturated heterocycles. The molecule has 0 N–H and O–H groups in total. The Morgan fingerprint density at radius 3 is 3.14 bits per heavy atom. The van der Waals surface area contributed by atoms with Crippen LogP contribution in [0.15, 0.2) is 34.5 Å². The summed E-state index contributed by atoms with van der Waals surface area (Å²) in [5.41, 5.74) is 1.12. The van der Waals surface area contributed by atoms with Crippen molar-refractivity contribution in [3.63, 3.8) is 0 Å². The number of ether oxygens (including phenoxy) is 1. The van der Waals surface area contributed by atoms with E-state index < -0.39 is 0 Å². The van der Waals surface area contributed by atoms with Gasteiger partial charge in [0.15, 0.2) is 5.78 Å². The molecule has 0 radical (unpaired) electrons. The van der Waals surface area contributed by atoms with Crippen LogP contribution in [0.25, 0.3) is 0 Å². The highest BCUT2D eigenvalue weighted by Crippen LogP contribution is 2.43. The molecule has 1 aromatic rings. The van der Waals surface area contributed by atoms with Crippen molar-refractivity contribution in [2.75, 3.05) is 6.61 Å². The first-order chi connectivity index (χ1) is 6.84. The Bertz CT molecular complexity index is 389. The lowest BCUT2D eigenvalue weighted by molar-refractivity contribution is -0.115. The summed E-state index contributed by atoms with van der Waals surface area (Å²) in [4.78, 5) is 11.2. The number of carbonyl (C=O) groups is 1. The molecule has 2 aliphatic rings. The van der Waals surface area contributed by atoms with Gasteiger partial charge in [-0.2, -0.15) is 0 Å². The lowest BCUT2D eigenvalue weighted by Gasteiger charge is -2.12. The van der Waals surface area contributed by atoms with E-state index in [0.29, 0.717) is 13.0 Å². The van der Waals surface area contributed by atoms with Crippen molar-refractivity contribution in [3.05, 3.63) is 35.8 Å². The highest BCUT2D eigenvalue weighted by molar-refractivity contribution is 5.93. The van der Waals surface area contributed by atoms with Crippen LogP contribution in [0.5, 0.6) is 0 Å². The number of hydrogen-bond donors (Lipinski definition) is 0. The summed E-state index contributed by atoms with van der Waals surface area (Å²) < 4.78 is 10.9. The monoisotopic (exact) mass is 190 g/mol. The summed E-state index contributed by atoms with van der Waals surface area (Å²) in [6.07, 6.45) is 3.87. The number of furan rings is 1. The maximum atomic E-state index is 11.2. The largest absolute Gasteiger partial charge is 0.467 e. The summed E-state index contributed by atoms with van der Waals surface area (Å²) in [6, 6.07) is 3.74. The van der Waals surface area contributed by atoms with Crippen LogP contribution in [0.2, 0.25) is 0 Å². The standard InChI is InChI=1S/C11H10O3/c12-8-4-7-6-14-11(9(7)5-8)10-2-1-3-13-10/h1-4,9,11H,5-6H2/t9-,11+/m1/s1. The van der Waals surface area contributed by atoms with Crippen molar-refractivity contribution < 1.29 is 13.9 Å². The molecular formula is C11H10O3. The second kappa shape index (κ2) is 2.82. The van der Waals surface area contributed by atoms with Crippen molar-refractivity contribution in [1.82, 2.24) is 0 Å². The number of fused-ring (bicyclic) bond motifs is 1. The van der Waals surface area contributed by atoms with Gasteiger partial charge >= 0.3 is 0 Å². The van der Waals surface area contributed by atoms with Gasteiger partial charge in [-0.1, -0.05) is 0 Å². The van der Waals surface area contributed by atoms with Gasteiger partial charge in [-0.05, 0) is 23.8 Å². The van der Waals surface area contributed by atoms with Crippen LogP contribution < -0.4 is 0 Å². The minimum absolute atomic E-state index is 0.0531. The Morgan fingerprint density at radius 2 is 2.36 bits per heavy atom. The SMILES string of the molecule is O=C1C=C2CO[C@H](c3ccco3)[C@@H]2C1. The molecule has 2 atom stereocenters. The van der Waals surface area contributed by atoms with Crippen LogP contribution in [-0.4, -0.2) is 12.4 Å². The molecule has 72 valence electrons. The fourth-order valence-electron chi connectivity index (χ4n) is 2.21. The molecule has 1 aromatic heterocycles. The molecule has 3 heteroatoms. The van der Waals surface area contributed by atoms with E-state index in [-0.39, 0.29) is 17.8 Å². The Hall–Kier alpha value is -1.35. The molecule has 1 aliphatic heterocycles. The molecule has 14 heavy (non-hydrogen) atoms. The molecule has 0 amide bonds. The maximum absolute atomic E-state index is 11.2. The molecular weight excluding hydrogens is 180 g/mol. The molecule has 0 bridgehead atoms. The molecule has 1 fully saturated rings. The van der Waals surface area contributed by atoms with Crippen LogP contribution in [0.1, 0.15) is 18.3 Å². The van der Waals surface area contributed by atoms with Gasteiger partial charge in [-0.25, -0.2) is 0 Å². The summed E-state index contributed by atoms with van der Waals surface area (Å²) in [7, 11) is 0. The molecule has 0 saturated carbocycles. The Morgan fingerprint density at radius 1 is 1.43 bits per heavy atom. The van der Waals surface area contributed by atoms with Crippen LogP contribution in [0.4, 0.5) is 0 Å². The minimum atomic E-state index is -0.0531. The van der Waals surface area contributed by atoms with Crippen molar-refractivity contribution in [2.24, 2.45) is 5.92 Å². The fourth-order valence-corrected chi connectivity index (χ4v) is 2.21. The van der Waals surface area contributed by atoms with Crippen molar-refractivity contribution in [2.45, 2.75) is 12.5 Å². The van der Waals surface area contributed by atoms with Gasteiger partial charge in [0.2, 0.25) is 0 Å². The van der Waals surface area contributed by atoms with Gasteiger partial charge in [0.05, 0.1) is 12.9 Å². The van der Waals surface area contributed by atoms with E-state index in [1.807, 2.05) is 12.1 Å². The first kappa shape index (κ1) is 8.00. The third-order valence-corrected chi connectivity index (χ3v) is 2.86. The minimum Gasteiger partial charge on any atom is -0.467 e. The van der Waals surface area contributed by atoms with Gasteiger partial charge in [0.25, 0.3) is 0 Å². The molecule has 1 aliphatic carbocycles. The highest BCUT2D eigenvalue weighted by Gasteiger charge is 2.40. The predicted molar refractivity (Wildman–Crippen MR) is 48.6 cm³/mol. The number of rotatable bonds is 1. The zero-order valence-electron chi connectivity index (χ0n) is 7.60. The smallest absolute Gasteiger partial charge is 0.156 e. The van der Waals surface area contributed by atoms with E-state index in [4.69, 9.17) is 9.15 Å². The van der Waals surface area contributed by atoms with Crippen LogP contribution >= 0.6 is 0 Å². The van der Waals surface area contributed by atoms with E-state index in [0.717, 1.165) is 11.3 Å². The Labute approximate surface area is 81.4 Å². The topological polar surface area (TPSA) is 39.4 Å². The second-order valence-electron chi connectivity index (χ2n) is 3.74. The van der Waals surface area contributed by atoms with Crippen molar-refractivity contribution >= 4 is 5.78 Å². The summed E-state index contributed by atoms with van der Waals surface area (Å²) in [5, 5.41) is 0. The van der Waals surface area contributed by atoms with Gasteiger partial charge in [0.1, 0.15) is 11.9 Å². The predicted octanol–water partition coefficient (Wildman–Crippen LogP) is 1.87. The quantitative estimate of drug-likeness (QED) is 0.678. The number of ketones is 1. The number of hydrogen-bond acceptors (Lipinski definition) is 3. The third kappa shape index (κ3) is 1.06. The first-order valence-electron chi connectivity index (χ1n) is 4.73. The maximum Gasteiger partial charge on any atom is 0.156 e. The molecule has 0 aromatic carbocycles. The molecule has 3 rings (SSSR count). The zero-order chi connectivity index (χ0) is 9.54. The third-order valence-electron chi connectivity index (χ3n) is 2.86. The Kier molecular flexibility index (Phi) is 1.61. The molecule has 2 heterocycles. The van der Waals surface area contributed by atoms with Crippen LogP contribution in [0, 0.1) is 5.92 Å². The van der Waals surface area contributed by atoms with Gasteiger partial charge in [-0.15, -0.1) is 0 Å². The molecule has 3 nitrogen and oxygen atoms in total. The van der Waals surface area contributed by atoms with Crippen LogP contribution in [0.3, 0.4) is 0 Å². The van der Waals surface area contributed by atoms with Crippen LogP contribution in [-0.2, 0) is 9.53 Å². The zero-order valence-corrected chi connectivity index (χ0v) is 7.60. The second-order valence-corrected chi connectivity index (χ2v) is 3.74. The van der Waals surface area contributed by atoms with E-state index in [1.165, 1.54) is 0 Å². The molecule has 0 spiro atoms. The first-order valence-corrected chi connectivity index (χ1v) is 4.73. The highest BCUT2D eigenvalue weighted by atomic mass is 16.5. The normalized spacial score (nSPS) is 30.6. The average Bonchev–Trinajstić information content (AvgIpc) is 2.77. The number of allylic oxidation sites excluding steroid dienone is 1. The van der Waals surface area contributed by atoms with E-state index in [2.05, 4.69) is 0 Å². The number of carbonyl (C=O) groups excluding carboxylic acids is 1. The van der Waals surface area contributed by atoms with E-state index in [9.17, 15) is 4.79 Å². The van der Waals surface area contributed by atoms with Gasteiger partial charge < -0.3 is 9.15 Å². The fraction of sp³-hybridized carbons (Fsp3) is 0.364. The Balaban J connectivity index is 1.92. The lowest BCUT2D eigenvalue weighted by atomic mass is 9.96. The van der Waals surface area contributed by atoms with Gasteiger partial charge in [0, 0.05) is 12.3 Å². The average molecular weight is 190 g/mol. The molecule has 0 unspecified atom stereocenters. The lowest BCUT2D eigenvalue weighted by Crippen LogP contribution is -2.07. The van der Waals surface area contributed by atoms with Gasteiger partial charge in [-0.3, -0.25) is 4.79 Å². The summed E-state index contributed by atoms with van der Waals surface area (Å²) >= 11 is 0. The summed E-state index contributed by atoms with van der Waals surface area (Å²) in [5.74, 6) is 1.26. The van der Waals surface area contributed by atoms with E-state index >= 15 is 0 Å². The van der Waals surface area contributed by atoms with Crippen molar-refractivity contribution in [3.8, 4) is 0 Å². The van der Waals surface area contributed by atoms with E-state index in [1.54, 1.807) is 12.3 Å². The van der Waals surface area contributed by atoms with Crippen molar-refractivity contribution in [1.29, 1.82) is 0 Å². The summed E-state index contributed by atoms with van der Waals surface area (Å²) in [6.45, 7) is 0.571.